The molecule has 0 saturated carbocycles. The van der Waals surface area contributed by atoms with E-state index in [2.05, 4.69) is 10.3 Å². The second kappa shape index (κ2) is 5.91. The summed E-state index contributed by atoms with van der Waals surface area (Å²) in [4.78, 5) is 27.4. The molecule has 2 rings (SSSR count). The van der Waals surface area contributed by atoms with E-state index in [1.54, 1.807) is 12.1 Å². The van der Waals surface area contributed by atoms with E-state index in [1.165, 1.54) is 12.4 Å². The number of rotatable bonds is 4. The topological polar surface area (TPSA) is 59.1 Å². The summed E-state index contributed by atoms with van der Waals surface area (Å²) in [7, 11) is 0. The maximum absolute atomic E-state index is 11.8. The van der Waals surface area contributed by atoms with Crippen molar-refractivity contribution in [1.29, 1.82) is 0 Å². The van der Waals surface area contributed by atoms with Crippen LogP contribution in [0.5, 0.6) is 0 Å². The van der Waals surface area contributed by atoms with Gasteiger partial charge >= 0.3 is 0 Å². The quantitative estimate of drug-likeness (QED) is 0.674. The van der Waals surface area contributed by atoms with Gasteiger partial charge in [0.1, 0.15) is 0 Å². The molecule has 0 aliphatic rings. The normalized spacial score (nSPS) is 9.95. The Balaban J connectivity index is 1.95. The molecule has 0 aliphatic heterocycles. The zero-order valence-electron chi connectivity index (χ0n) is 10.6. The molecule has 1 amide bonds. The van der Waals surface area contributed by atoms with E-state index in [0.717, 1.165) is 5.56 Å². The number of amides is 1. The van der Waals surface area contributed by atoms with Crippen LogP contribution >= 0.6 is 0 Å². The maximum atomic E-state index is 11.8. The Morgan fingerprint density at radius 2 is 1.68 bits per heavy atom. The third-order valence-corrected chi connectivity index (χ3v) is 2.66. The number of anilines is 1. The van der Waals surface area contributed by atoms with Crippen molar-refractivity contribution < 1.29 is 9.59 Å². The van der Waals surface area contributed by atoms with E-state index >= 15 is 0 Å². The molecule has 0 spiro atoms. The summed E-state index contributed by atoms with van der Waals surface area (Å²) in [5.74, 6) is -0.530. The van der Waals surface area contributed by atoms with Gasteiger partial charge in [-0.2, -0.15) is 0 Å². The third-order valence-electron chi connectivity index (χ3n) is 2.66. The van der Waals surface area contributed by atoms with Crippen molar-refractivity contribution in [2.75, 3.05) is 5.32 Å². The molecule has 0 aliphatic carbocycles. The molecule has 2 aromatic rings. The lowest BCUT2D eigenvalue weighted by molar-refractivity contribution is -0.115. The fourth-order valence-electron chi connectivity index (χ4n) is 1.63. The van der Waals surface area contributed by atoms with Crippen LogP contribution in [-0.4, -0.2) is 16.7 Å². The number of aromatic nitrogens is 1. The highest BCUT2D eigenvalue weighted by Crippen LogP contribution is 2.10. The van der Waals surface area contributed by atoms with E-state index in [-0.39, 0.29) is 18.1 Å². The molecule has 0 unspecified atom stereocenters. The van der Waals surface area contributed by atoms with E-state index in [4.69, 9.17) is 0 Å². The molecule has 0 radical (unpaired) electrons. The number of hydrogen-bond acceptors (Lipinski definition) is 3. The summed E-state index contributed by atoms with van der Waals surface area (Å²) in [6, 6.07) is 10.6. The zero-order chi connectivity index (χ0) is 13.7. The summed E-state index contributed by atoms with van der Waals surface area (Å²) in [5, 5.41) is 2.69. The van der Waals surface area contributed by atoms with E-state index in [0.29, 0.717) is 11.3 Å². The number of hydrogen-bond donors (Lipinski definition) is 1. The molecule has 96 valence electrons. The largest absolute Gasteiger partial charge is 0.326 e. The number of aryl methyl sites for hydroxylation is 1. The van der Waals surface area contributed by atoms with Crippen LogP contribution in [0, 0.1) is 6.92 Å². The molecule has 1 N–H and O–H groups in total. The molecule has 1 heterocycles. The van der Waals surface area contributed by atoms with Gasteiger partial charge in [0.15, 0.2) is 5.78 Å². The first kappa shape index (κ1) is 13.0. The number of Topliss-reactive ketones (excluding diaryl/α,β-unsaturated/α-hetero) is 1. The molecule has 1 aromatic carbocycles. The van der Waals surface area contributed by atoms with Gasteiger partial charge < -0.3 is 5.32 Å². The van der Waals surface area contributed by atoms with E-state index in [1.807, 2.05) is 31.2 Å². The lowest BCUT2D eigenvalue weighted by Gasteiger charge is -2.05. The fraction of sp³-hybridized carbons (Fsp3) is 0.133. The summed E-state index contributed by atoms with van der Waals surface area (Å²) in [5.41, 5.74) is 2.30. The highest BCUT2D eigenvalue weighted by Gasteiger charge is 2.11. The van der Waals surface area contributed by atoms with Crippen LogP contribution in [0.15, 0.2) is 48.8 Å². The van der Waals surface area contributed by atoms with Crippen molar-refractivity contribution >= 4 is 17.4 Å². The summed E-state index contributed by atoms with van der Waals surface area (Å²) in [6.45, 7) is 1.97. The Kier molecular flexibility index (Phi) is 4.03. The van der Waals surface area contributed by atoms with Crippen molar-refractivity contribution in [2.45, 2.75) is 13.3 Å². The van der Waals surface area contributed by atoms with Gasteiger partial charge in [0.25, 0.3) is 0 Å². The molecule has 19 heavy (non-hydrogen) atoms. The second-order valence-electron chi connectivity index (χ2n) is 4.25. The first-order valence-electron chi connectivity index (χ1n) is 5.95. The minimum atomic E-state index is -0.314. The number of ketones is 1. The average Bonchev–Trinajstić information content (AvgIpc) is 2.42. The Hall–Kier alpha value is -2.49. The number of nitrogens with zero attached hydrogens (tertiary/aromatic N) is 1. The average molecular weight is 254 g/mol. The molecule has 0 bridgehead atoms. The molecule has 0 atom stereocenters. The minimum Gasteiger partial charge on any atom is -0.326 e. The number of carbonyl (C=O) groups is 2. The van der Waals surface area contributed by atoms with Crippen LogP contribution < -0.4 is 5.32 Å². The van der Waals surface area contributed by atoms with Gasteiger partial charge in [0.2, 0.25) is 5.91 Å². The first-order valence-corrected chi connectivity index (χ1v) is 5.95. The fourth-order valence-corrected chi connectivity index (χ4v) is 1.63. The molecule has 1 aromatic heterocycles. The van der Waals surface area contributed by atoms with E-state index < -0.39 is 0 Å². The molecule has 4 nitrogen and oxygen atoms in total. The van der Waals surface area contributed by atoms with Crippen molar-refractivity contribution in [3.63, 3.8) is 0 Å². The minimum absolute atomic E-state index is 0.169. The van der Waals surface area contributed by atoms with Gasteiger partial charge in [-0.25, -0.2) is 0 Å². The number of benzene rings is 1. The zero-order valence-corrected chi connectivity index (χ0v) is 10.6. The first-order chi connectivity index (χ1) is 9.15. The Morgan fingerprint density at radius 3 is 2.32 bits per heavy atom. The smallest absolute Gasteiger partial charge is 0.232 e. The lowest BCUT2D eigenvalue weighted by Crippen LogP contribution is -2.16. The summed E-state index contributed by atoms with van der Waals surface area (Å²) < 4.78 is 0. The van der Waals surface area contributed by atoms with Gasteiger partial charge in [-0.3, -0.25) is 14.6 Å². The SMILES string of the molecule is Cc1ccc(NC(=O)CC(=O)c2ccncc2)cc1. The standard InChI is InChI=1S/C15H14N2O2/c1-11-2-4-13(5-3-11)17-15(19)10-14(18)12-6-8-16-9-7-12/h2-9H,10H2,1H3,(H,17,19). The van der Waals surface area contributed by atoms with Gasteiger partial charge in [0.05, 0.1) is 6.42 Å². The van der Waals surface area contributed by atoms with Crippen LogP contribution in [0.25, 0.3) is 0 Å². The number of nitrogens with one attached hydrogen (secondary N) is 1. The summed E-state index contributed by atoms with van der Waals surface area (Å²) >= 11 is 0. The third kappa shape index (κ3) is 3.74. The summed E-state index contributed by atoms with van der Waals surface area (Å²) in [6.07, 6.45) is 2.90. The van der Waals surface area contributed by atoms with Gasteiger partial charge in [-0.05, 0) is 31.2 Å². The Morgan fingerprint density at radius 1 is 1.05 bits per heavy atom. The van der Waals surface area contributed by atoms with Crippen molar-refractivity contribution in [2.24, 2.45) is 0 Å². The molecular weight excluding hydrogens is 240 g/mol. The Labute approximate surface area is 111 Å². The molecular formula is C15H14N2O2. The van der Waals surface area contributed by atoms with Crippen LogP contribution in [0.3, 0.4) is 0 Å². The predicted molar refractivity (Wildman–Crippen MR) is 73.0 cm³/mol. The molecule has 4 heteroatoms. The highest BCUT2D eigenvalue weighted by atomic mass is 16.2. The monoisotopic (exact) mass is 254 g/mol. The predicted octanol–water partition coefficient (Wildman–Crippen LogP) is 2.60. The van der Waals surface area contributed by atoms with Crippen LogP contribution in [-0.2, 0) is 4.79 Å². The van der Waals surface area contributed by atoms with Crippen LogP contribution in [0.4, 0.5) is 5.69 Å². The number of carbonyl (C=O) groups excluding carboxylic acids is 2. The number of pyridine rings is 1. The highest BCUT2D eigenvalue weighted by molar-refractivity contribution is 6.10. The van der Waals surface area contributed by atoms with Gasteiger partial charge in [-0.1, -0.05) is 17.7 Å². The van der Waals surface area contributed by atoms with Gasteiger partial charge in [-0.15, -0.1) is 0 Å². The lowest BCUT2D eigenvalue weighted by atomic mass is 10.1. The van der Waals surface area contributed by atoms with Crippen LogP contribution in [0.1, 0.15) is 22.3 Å². The maximum Gasteiger partial charge on any atom is 0.232 e. The Bertz CT molecular complexity index is 577. The van der Waals surface area contributed by atoms with Crippen LogP contribution in [0.2, 0.25) is 0 Å². The molecule has 0 saturated heterocycles. The second-order valence-corrected chi connectivity index (χ2v) is 4.25. The van der Waals surface area contributed by atoms with E-state index in [9.17, 15) is 9.59 Å². The van der Waals surface area contributed by atoms with Crippen molar-refractivity contribution in [3.05, 3.63) is 59.9 Å². The van der Waals surface area contributed by atoms with Gasteiger partial charge in [0, 0.05) is 23.6 Å². The van der Waals surface area contributed by atoms with Crippen molar-refractivity contribution in [1.82, 2.24) is 4.98 Å². The van der Waals surface area contributed by atoms with Crippen molar-refractivity contribution in [3.8, 4) is 0 Å². The molecule has 0 fully saturated rings.